The highest BCUT2D eigenvalue weighted by molar-refractivity contribution is 5.95. The topological polar surface area (TPSA) is 77.1 Å². The van der Waals surface area contributed by atoms with Crippen LogP contribution in [0.15, 0.2) is 36.4 Å². The Hall–Kier alpha value is -3.22. The molecule has 1 N–H and O–H groups in total. The molecule has 0 bridgehead atoms. The van der Waals surface area contributed by atoms with Gasteiger partial charge in [0.1, 0.15) is 0 Å². The maximum absolute atomic E-state index is 12.4. The van der Waals surface area contributed by atoms with Gasteiger partial charge in [-0.15, -0.1) is 0 Å². The largest absolute Gasteiger partial charge is 0.493 e. The van der Waals surface area contributed by atoms with E-state index in [1.54, 1.807) is 17.0 Å². The first-order valence-corrected chi connectivity index (χ1v) is 8.84. The summed E-state index contributed by atoms with van der Waals surface area (Å²) in [6, 6.07) is 10.9. The van der Waals surface area contributed by atoms with Gasteiger partial charge in [-0.3, -0.25) is 9.59 Å². The van der Waals surface area contributed by atoms with Crippen molar-refractivity contribution in [3.05, 3.63) is 42.0 Å². The number of ether oxygens (including phenoxy) is 3. The molecule has 0 aromatic heterocycles. The summed E-state index contributed by atoms with van der Waals surface area (Å²) in [6.45, 7) is 3.73. The second kappa shape index (κ2) is 9.64. The monoisotopic (exact) mass is 386 g/mol. The Labute approximate surface area is 165 Å². The van der Waals surface area contributed by atoms with E-state index in [9.17, 15) is 9.59 Å². The average molecular weight is 386 g/mol. The number of hydrogen-bond donors (Lipinski definition) is 1. The molecule has 0 saturated carbocycles. The molecule has 7 nitrogen and oxygen atoms in total. The van der Waals surface area contributed by atoms with Crippen molar-refractivity contribution in [1.29, 1.82) is 0 Å². The molecule has 7 heteroatoms. The van der Waals surface area contributed by atoms with E-state index in [1.165, 1.54) is 28.3 Å². The highest BCUT2D eigenvalue weighted by Gasteiger charge is 2.16. The number of nitrogens with zero attached hydrogens (tertiary/aromatic N) is 1. The number of methoxy groups -OCH3 is 3. The molecule has 0 radical (unpaired) electrons. The zero-order chi connectivity index (χ0) is 20.7. The highest BCUT2D eigenvalue weighted by Crippen LogP contribution is 2.39. The van der Waals surface area contributed by atoms with E-state index in [4.69, 9.17) is 14.2 Å². The molecule has 0 unspecified atom stereocenters. The molecule has 28 heavy (non-hydrogen) atoms. The number of anilines is 2. The van der Waals surface area contributed by atoms with Crippen molar-refractivity contribution in [1.82, 2.24) is 0 Å². The van der Waals surface area contributed by atoms with Gasteiger partial charge in [0.2, 0.25) is 17.6 Å². The summed E-state index contributed by atoms with van der Waals surface area (Å²) in [5.41, 5.74) is 2.38. The third-order valence-electron chi connectivity index (χ3n) is 4.24. The molecular weight excluding hydrogens is 360 g/mol. The third-order valence-corrected chi connectivity index (χ3v) is 4.24. The molecule has 0 aliphatic carbocycles. The molecule has 0 heterocycles. The summed E-state index contributed by atoms with van der Waals surface area (Å²) >= 11 is 0. The van der Waals surface area contributed by atoms with Crippen molar-refractivity contribution < 1.29 is 23.8 Å². The summed E-state index contributed by atoms with van der Waals surface area (Å²) in [4.78, 5) is 26.0. The van der Waals surface area contributed by atoms with Crippen molar-refractivity contribution in [3.8, 4) is 17.2 Å². The minimum absolute atomic E-state index is 0.121. The predicted molar refractivity (Wildman–Crippen MR) is 109 cm³/mol. The summed E-state index contributed by atoms with van der Waals surface area (Å²) in [5.74, 6) is 0.992. The van der Waals surface area contributed by atoms with Crippen molar-refractivity contribution in [2.45, 2.75) is 20.3 Å². The number of nitrogens with one attached hydrogen (secondary N) is 1. The lowest BCUT2D eigenvalue weighted by Gasteiger charge is -2.21. The second-order valence-electron chi connectivity index (χ2n) is 6.22. The SMILES string of the molecule is COc1cc(NC(=O)CCN(C(C)=O)c2ccc(C)cc2)cc(OC)c1OC. The predicted octanol–water partition coefficient (Wildman–Crippen LogP) is 3.40. The molecule has 2 aromatic rings. The number of rotatable bonds is 8. The number of carbonyl (C=O) groups excluding carboxylic acids is 2. The van der Waals surface area contributed by atoms with Gasteiger partial charge in [-0.1, -0.05) is 17.7 Å². The number of aryl methyl sites for hydroxylation is 1. The highest BCUT2D eigenvalue weighted by atomic mass is 16.5. The zero-order valence-corrected chi connectivity index (χ0v) is 16.9. The second-order valence-corrected chi connectivity index (χ2v) is 6.22. The lowest BCUT2D eigenvalue weighted by molar-refractivity contribution is -0.117. The van der Waals surface area contributed by atoms with Crippen LogP contribution < -0.4 is 24.4 Å². The minimum Gasteiger partial charge on any atom is -0.493 e. The molecule has 2 aromatic carbocycles. The Balaban J connectivity index is 2.08. The van der Waals surface area contributed by atoms with E-state index in [-0.39, 0.29) is 24.8 Å². The van der Waals surface area contributed by atoms with Gasteiger partial charge in [0.15, 0.2) is 11.5 Å². The molecule has 150 valence electrons. The van der Waals surface area contributed by atoms with Crippen LogP contribution in [0.5, 0.6) is 17.2 Å². The van der Waals surface area contributed by atoms with E-state index in [1.807, 2.05) is 31.2 Å². The van der Waals surface area contributed by atoms with Gasteiger partial charge in [0.25, 0.3) is 0 Å². The van der Waals surface area contributed by atoms with E-state index in [2.05, 4.69) is 5.32 Å². The first kappa shape index (κ1) is 21.1. The van der Waals surface area contributed by atoms with Gasteiger partial charge in [0.05, 0.1) is 21.3 Å². The van der Waals surface area contributed by atoms with Gasteiger partial charge in [-0.25, -0.2) is 0 Å². The van der Waals surface area contributed by atoms with Crippen LogP contribution >= 0.6 is 0 Å². The Bertz CT molecular complexity index is 808. The Morgan fingerprint density at radius 1 is 0.964 bits per heavy atom. The summed E-state index contributed by atoms with van der Waals surface area (Å²) < 4.78 is 15.9. The van der Waals surface area contributed by atoms with Crippen LogP contribution in [0.3, 0.4) is 0 Å². The van der Waals surface area contributed by atoms with Crippen molar-refractivity contribution in [2.75, 3.05) is 38.1 Å². The maximum Gasteiger partial charge on any atom is 0.226 e. The summed E-state index contributed by atoms with van der Waals surface area (Å²) in [7, 11) is 4.53. The van der Waals surface area contributed by atoms with E-state index >= 15 is 0 Å². The lowest BCUT2D eigenvalue weighted by atomic mass is 10.2. The standard InChI is InChI=1S/C21H26N2O5/c1-14-6-8-17(9-7-14)23(15(2)24)11-10-20(25)22-16-12-18(26-3)21(28-5)19(13-16)27-4/h6-9,12-13H,10-11H2,1-5H3,(H,22,25). The lowest BCUT2D eigenvalue weighted by Crippen LogP contribution is -2.31. The molecule has 0 atom stereocenters. The van der Waals surface area contributed by atoms with Gasteiger partial charge in [-0.05, 0) is 19.1 Å². The zero-order valence-electron chi connectivity index (χ0n) is 16.9. The molecular formula is C21H26N2O5. The fourth-order valence-corrected chi connectivity index (χ4v) is 2.78. The van der Waals surface area contributed by atoms with Crippen LogP contribution in [0, 0.1) is 6.92 Å². The van der Waals surface area contributed by atoms with E-state index < -0.39 is 0 Å². The van der Waals surface area contributed by atoms with Crippen LogP contribution in [0.2, 0.25) is 0 Å². The molecule has 0 spiro atoms. The van der Waals surface area contributed by atoms with Crippen LogP contribution in [0.4, 0.5) is 11.4 Å². The average Bonchev–Trinajstić information content (AvgIpc) is 2.68. The fraction of sp³-hybridized carbons (Fsp3) is 0.333. The third kappa shape index (κ3) is 5.16. The number of hydrogen-bond acceptors (Lipinski definition) is 5. The molecule has 2 amide bonds. The number of carbonyl (C=O) groups is 2. The van der Waals surface area contributed by atoms with Crippen LogP contribution in [0.25, 0.3) is 0 Å². The molecule has 0 saturated heterocycles. The Morgan fingerprint density at radius 3 is 2.00 bits per heavy atom. The van der Waals surface area contributed by atoms with Crippen LogP contribution in [-0.2, 0) is 9.59 Å². The van der Waals surface area contributed by atoms with Crippen LogP contribution in [0.1, 0.15) is 18.9 Å². The van der Waals surface area contributed by atoms with Gasteiger partial charge in [0, 0.05) is 43.4 Å². The van der Waals surface area contributed by atoms with Crippen LogP contribution in [-0.4, -0.2) is 39.7 Å². The van der Waals surface area contributed by atoms with E-state index in [0.717, 1.165) is 11.3 Å². The van der Waals surface area contributed by atoms with Gasteiger partial charge in [-0.2, -0.15) is 0 Å². The summed E-state index contributed by atoms with van der Waals surface area (Å²) in [6.07, 6.45) is 0.143. The normalized spacial score (nSPS) is 10.2. The molecule has 0 aliphatic heterocycles. The van der Waals surface area contributed by atoms with Crippen molar-refractivity contribution in [2.24, 2.45) is 0 Å². The Morgan fingerprint density at radius 2 is 1.54 bits per heavy atom. The number of benzene rings is 2. The first-order chi connectivity index (χ1) is 13.4. The van der Waals surface area contributed by atoms with Gasteiger partial charge >= 0.3 is 0 Å². The van der Waals surface area contributed by atoms with Crippen molar-refractivity contribution in [3.63, 3.8) is 0 Å². The fourth-order valence-electron chi connectivity index (χ4n) is 2.78. The Kier molecular flexibility index (Phi) is 7.26. The maximum atomic E-state index is 12.4. The van der Waals surface area contributed by atoms with Crippen molar-refractivity contribution >= 4 is 23.2 Å². The molecule has 2 rings (SSSR count). The van der Waals surface area contributed by atoms with Gasteiger partial charge < -0.3 is 24.4 Å². The smallest absolute Gasteiger partial charge is 0.226 e. The minimum atomic E-state index is -0.229. The quantitative estimate of drug-likeness (QED) is 0.752. The first-order valence-electron chi connectivity index (χ1n) is 8.84. The number of amides is 2. The molecule has 0 aliphatic rings. The van der Waals surface area contributed by atoms with E-state index in [0.29, 0.717) is 22.9 Å². The molecule has 0 fully saturated rings. The summed E-state index contributed by atoms with van der Waals surface area (Å²) in [5, 5.41) is 2.81.